The van der Waals surface area contributed by atoms with E-state index >= 15 is 0 Å². The summed E-state index contributed by atoms with van der Waals surface area (Å²) in [5.41, 5.74) is 3.98. The summed E-state index contributed by atoms with van der Waals surface area (Å²) in [6.07, 6.45) is 1.53. The van der Waals surface area contributed by atoms with Crippen LogP contribution < -0.4 is 5.32 Å². The van der Waals surface area contributed by atoms with Gasteiger partial charge in [-0.05, 0) is 43.0 Å². The van der Waals surface area contributed by atoms with Gasteiger partial charge < -0.3 is 14.5 Å². The van der Waals surface area contributed by atoms with E-state index in [1.807, 2.05) is 32.0 Å². The molecular formula is C21H22N2O4. The van der Waals surface area contributed by atoms with Crippen molar-refractivity contribution in [2.45, 2.75) is 39.7 Å². The molecule has 0 saturated carbocycles. The van der Waals surface area contributed by atoms with Gasteiger partial charge in [-0.15, -0.1) is 0 Å². The van der Waals surface area contributed by atoms with Crippen molar-refractivity contribution in [3.05, 3.63) is 59.5 Å². The van der Waals surface area contributed by atoms with Crippen LogP contribution in [0.4, 0.5) is 5.69 Å². The molecule has 0 spiro atoms. The molecule has 6 heteroatoms. The monoisotopic (exact) mass is 366 g/mol. The smallest absolute Gasteiger partial charge is 0.341 e. The number of benzene rings is 2. The molecule has 0 bridgehead atoms. The number of carbonyl (C=O) groups is 2. The minimum atomic E-state index is -0.899. The van der Waals surface area contributed by atoms with Crippen molar-refractivity contribution < 1.29 is 18.7 Å². The van der Waals surface area contributed by atoms with Crippen LogP contribution in [0.3, 0.4) is 0 Å². The molecule has 2 aromatic carbocycles. The number of para-hydroxylation sites is 2. The predicted octanol–water partition coefficient (Wildman–Crippen LogP) is 4.27. The maximum atomic E-state index is 12.7. The first-order valence-corrected chi connectivity index (χ1v) is 8.97. The van der Waals surface area contributed by atoms with Gasteiger partial charge in [-0.25, -0.2) is 9.78 Å². The second kappa shape index (κ2) is 8.03. The number of carbonyl (C=O) groups excluding carboxylic acids is 2. The van der Waals surface area contributed by atoms with Crippen molar-refractivity contribution in [2.24, 2.45) is 0 Å². The van der Waals surface area contributed by atoms with E-state index in [-0.39, 0.29) is 11.5 Å². The molecule has 0 saturated heterocycles. The van der Waals surface area contributed by atoms with Crippen LogP contribution in [0.5, 0.6) is 0 Å². The number of oxazole rings is 1. The number of nitrogens with one attached hydrogen (secondary N) is 1. The summed E-state index contributed by atoms with van der Waals surface area (Å²) in [7, 11) is 0. The Morgan fingerprint density at radius 1 is 1.19 bits per heavy atom. The number of aromatic nitrogens is 1. The predicted molar refractivity (Wildman–Crippen MR) is 103 cm³/mol. The Bertz CT molecular complexity index is 977. The Balaban J connectivity index is 1.78. The highest BCUT2D eigenvalue weighted by Crippen LogP contribution is 2.23. The van der Waals surface area contributed by atoms with Gasteiger partial charge in [-0.3, -0.25) is 4.79 Å². The molecule has 0 fully saturated rings. The molecule has 0 aliphatic heterocycles. The van der Waals surface area contributed by atoms with Crippen LogP contribution in [0.2, 0.25) is 0 Å². The van der Waals surface area contributed by atoms with Gasteiger partial charge in [0.05, 0.1) is 5.56 Å². The molecule has 1 amide bonds. The second-order valence-corrected chi connectivity index (χ2v) is 6.26. The molecule has 140 valence electrons. The van der Waals surface area contributed by atoms with E-state index < -0.39 is 12.1 Å². The van der Waals surface area contributed by atoms with Gasteiger partial charge in [0.2, 0.25) is 0 Å². The molecule has 0 radical (unpaired) electrons. The summed E-state index contributed by atoms with van der Waals surface area (Å²) < 4.78 is 10.7. The molecule has 0 aliphatic rings. The zero-order valence-electron chi connectivity index (χ0n) is 15.6. The van der Waals surface area contributed by atoms with Crippen molar-refractivity contribution in [2.75, 3.05) is 5.32 Å². The fraction of sp³-hybridized carbons (Fsp3) is 0.286. The second-order valence-electron chi connectivity index (χ2n) is 6.26. The van der Waals surface area contributed by atoms with Gasteiger partial charge in [0.25, 0.3) is 5.91 Å². The van der Waals surface area contributed by atoms with Crippen LogP contribution in [-0.4, -0.2) is 23.0 Å². The molecule has 1 aromatic heterocycles. The van der Waals surface area contributed by atoms with E-state index in [2.05, 4.69) is 10.3 Å². The van der Waals surface area contributed by atoms with Crippen molar-refractivity contribution in [1.29, 1.82) is 0 Å². The number of aryl methyl sites for hydroxylation is 2. The van der Waals surface area contributed by atoms with Gasteiger partial charge >= 0.3 is 5.97 Å². The Hall–Kier alpha value is -3.15. The lowest BCUT2D eigenvalue weighted by Crippen LogP contribution is -2.32. The van der Waals surface area contributed by atoms with Crippen molar-refractivity contribution >= 4 is 28.7 Å². The number of anilines is 1. The fourth-order valence-corrected chi connectivity index (χ4v) is 2.97. The molecule has 1 atom stereocenters. The molecule has 3 aromatic rings. The summed E-state index contributed by atoms with van der Waals surface area (Å²) in [5.74, 6) is -0.945. The summed E-state index contributed by atoms with van der Waals surface area (Å²) in [4.78, 5) is 29.4. The average Bonchev–Trinajstić information content (AvgIpc) is 3.16. The molecule has 3 rings (SSSR count). The molecule has 27 heavy (non-hydrogen) atoms. The van der Waals surface area contributed by atoms with Gasteiger partial charge in [-0.2, -0.15) is 0 Å². The first kappa shape index (κ1) is 18.6. The number of nitrogens with zero attached hydrogens (tertiary/aromatic N) is 1. The Labute approximate surface area is 157 Å². The molecule has 6 nitrogen and oxygen atoms in total. The van der Waals surface area contributed by atoms with Gasteiger partial charge in [-0.1, -0.05) is 38.1 Å². The largest absolute Gasteiger partial charge is 0.449 e. The maximum absolute atomic E-state index is 12.7. The van der Waals surface area contributed by atoms with E-state index in [0.717, 1.165) is 23.2 Å². The van der Waals surface area contributed by atoms with Crippen LogP contribution in [-0.2, 0) is 16.0 Å². The van der Waals surface area contributed by atoms with E-state index in [4.69, 9.17) is 9.15 Å². The zero-order valence-corrected chi connectivity index (χ0v) is 15.6. The molecule has 0 aliphatic carbocycles. The Morgan fingerprint density at radius 2 is 1.96 bits per heavy atom. The van der Waals surface area contributed by atoms with Gasteiger partial charge in [0, 0.05) is 5.69 Å². The normalized spacial score (nSPS) is 12.0. The highest BCUT2D eigenvalue weighted by atomic mass is 16.5. The quantitative estimate of drug-likeness (QED) is 0.659. The molecular weight excluding hydrogens is 344 g/mol. The highest BCUT2D eigenvalue weighted by Gasteiger charge is 2.24. The number of esters is 1. The summed E-state index contributed by atoms with van der Waals surface area (Å²) in [6, 6.07) is 10.9. The number of ether oxygens (including phenoxy) is 1. The number of amides is 1. The van der Waals surface area contributed by atoms with Crippen molar-refractivity contribution in [1.82, 2.24) is 4.98 Å². The number of hydrogen-bond acceptors (Lipinski definition) is 5. The van der Waals surface area contributed by atoms with Crippen LogP contribution in [0.1, 0.15) is 41.8 Å². The molecule has 1 N–H and O–H groups in total. The van der Waals surface area contributed by atoms with E-state index in [1.165, 1.54) is 6.39 Å². The first-order valence-electron chi connectivity index (χ1n) is 8.97. The highest BCUT2D eigenvalue weighted by molar-refractivity contribution is 6.03. The Kier molecular flexibility index (Phi) is 5.54. The zero-order chi connectivity index (χ0) is 19.4. The topological polar surface area (TPSA) is 81.4 Å². The van der Waals surface area contributed by atoms with Gasteiger partial charge in [0.1, 0.15) is 5.52 Å². The van der Waals surface area contributed by atoms with Crippen LogP contribution in [0.15, 0.2) is 47.2 Å². The fourth-order valence-electron chi connectivity index (χ4n) is 2.97. The summed E-state index contributed by atoms with van der Waals surface area (Å²) in [6.45, 7) is 5.76. The minimum absolute atomic E-state index is 0.276. The van der Waals surface area contributed by atoms with Gasteiger partial charge in [0.15, 0.2) is 18.1 Å². The SMILES string of the molecule is CCc1cccc(C)c1NC(=O)C(CC)OC(=O)c1cccc2ocnc12. The number of rotatable bonds is 6. The van der Waals surface area contributed by atoms with E-state index in [1.54, 1.807) is 25.1 Å². The van der Waals surface area contributed by atoms with Crippen LogP contribution in [0.25, 0.3) is 11.1 Å². The Morgan fingerprint density at radius 3 is 2.70 bits per heavy atom. The minimum Gasteiger partial charge on any atom is -0.449 e. The standard InChI is InChI=1S/C21H22N2O4/c1-4-14-9-6-8-13(3)18(14)23-20(24)16(5-2)27-21(25)15-10-7-11-17-19(15)22-12-26-17/h6-12,16H,4-5H2,1-3H3,(H,23,24). The number of fused-ring (bicyclic) bond motifs is 1. The summed E-state index contributed by atoms with van der Waals surface area (Å²) in [5, 5.41) is 2.92. The lowest BCUT2D eigenvalue weighted by atomic mass is 10.1. The van der Waals surface area contributed by atoms with E-state index in [0.29, 0.717) is 17.5 Å². The molecule has 1 heterocycles. The third-order valence-electron chi connectivity index (χ3n) is 4.48. The third kappa shape index (κ3) is 3.84. The third-order valence-corrected chi connectivity index (χ3v) is 4.48. The number of hydrogen-bond donors (Lipinski definition) is 1. The maximum Gasteiger partial charge on any atom is 0.341 e. The lowest BCUT2D eigenvalue weighted by molar-refractivity contribution is -0.124. The lowest BCUT2D eigenvalue weighted by Gasteiger charge is -2.18. The average molecular weight is 366 g/mol. The van der Waals surface area contributed by atoms with E-state index in [9.17, 15) is 9.59 Å². The van der Waals surface area contributed by atoms with Crippen molar-refractivity contribution in [3.63, 3.8) is 0 Å². The first-order chi connectivity index (χ1) is 13.0. The summed E-state index contributed by atoms with van der Waals surface area (Å²) >= 11 is 0. The van der Waals surface area contributed by atoms with Crippen LogP contribution >= 0.6 is 0 Å². The van der Waals surface area contributed by atoms with Crippen molar-refractivity contribution in [3.8, 4) is 0 Å². The van der Waals surface area contributed by atoms with Crippen LogP contribution in [0, 0.1) is 6.92 Å². The molecule has 1 unspecified atom stereocenters.